The summed E-state index contributed by atoms with van der Waals surface area (Å²) >= 11 is -1.88. The van der Waals surface area contributed by atoms with E-state index < -0.39 is 35.0 Å². The number of hydrogen-bond donors (Lipinski definition) is 1. The van der Waals surface area contributed by atoms with E-state index in [1.807, 2.05) is 60.7 Å². The molecule has 0 heterocycles. The van der Waals surface area contributed by atoms with Gasteiger partial charge in [0.1, 0.15) is 31.8 Å². The summed E-state index contributed by atoms with van der Waals surface area (Å²) in [7, 11) is 10.6. The quantitative estimate of drug-likeness (QED) is 0.0661. The number of aliphatic hydroxyl groups is 1. The van der Waals surface area contributed by atoms with Gasteiger partial charge in [-0.15, -0.1) is 0 Å². The Hall–Kier alpha value is -6.39. The van der Waals surface area contributed by atoms with Crippen LogP contribution in [0.2, 0.25) is 0 Å². The van der Waals surface area contributed by atoms with Crippen LogP contribution in [-0.2, 0) is 19.1 Å². The molecule has 0 unspecified atom stereocenters. The van der Waals surface area contributed by atoms with Gasteiger partial charge in [-0.25, -0.2) is 0 Å². The molecular weight excluding hydrogens is 1040 g/mol. The summed E-state index contributed by atoms with van der Waals surface area (Å²) in [6.45, 7) is 0. The Morgan fingerprint density at radius 3 is 0.875 bits per heavy atom. The molecule has 72 heavy (non-hydrogen) atoms. The zero-order chi connectivity index (χ0) is 49.8. The number of benzene rings is 10. The van der Waals surface area contributed by atoms with Crippen LogP contribution in [-0.4, -0.2) is 9.21 Å². The molecule has 0 aromatic heterocycles. The molecule has 0 amide bonds. The average molecular weight is 1100 g/mol. The molecule has 10 aromatic carbocycles. The Morgan fingerprint density at radius 2 is 0.597 bits per heavy atom. The minimum Gasteiger partial charge on any atom is -0.0620 e. The third-order valence-electron chi connectivity index (χ3n) is 11.9. The third kappa shape index (κ3) is 13.6. The Balaban J connectivity index is 0.000000129. The van der Waals surface area contributed by atoms with Crippen LogP contribution in [0.15, 0.2) is 303 Å². The second kappa shape index (κ2) is 26.9. The molecule has 0 spiro atoms. The molecular formula is C66H53Cl2OP2Ru+3. The standard InChI is InChI=1S/2C18H15P.C15H11O.C15H10.2ClH.Ru/c2*1-4-10-16(11-5-1)19(17-12-6-2-7-13-17)18-14-8-3-9-15-18;1-2-15(16,13-9-5-3-6-10-13)14-11-7-4-8-12-14;1-2-6-12(7-3-1)15-11-10-13-8-4-5-9-14(13)15;;;/h2*1-15H;3-12,16H;1-9,11H;2*1H;/q;;+1;;;;+2. The van der Waals surface area contributed by atoms with Gasteiger partial charge in [-0.05, 0) is 72.8 Å². The maximum Gasteiger partial charge on any atom is 0.102 e. The molecule has 0 fully saturated rings. The molecule has 352 valence electrons. The molecule has 1 nitrogen and oxygen atoms in total. The van der Waals surface area contributed by atoms with E-state index in [-0.39, 0.29) is 0 Å². The predicted octanol–water partition coefficient (Wildman–Crippen LogP) is 13.4. The molecule has 11 rings (SSSR count). The van der Waals surface area contributed by atoms with Crippen LogP contribution in [0.1, 0.15) is 27.8 Å². The third-order valence-corrected chi connectivity index (χ3v) is 20.5. The number of fused-ring (bicyclic) bond motifs is 1. The molecule has 0 saturated heterocycles. The van der Waals surface area contributed by atoms with E-state index in [9.17, 15) is 5.11 Å². The van der Waals surface area contributed by atoms with Gasteiger partial charge in [0.15, 0.2) is 0 Å². The minimum atomic E-state index is -1.88. The molecule has 0 bridgehead atoms. The second-order valence-electron chi connectivity index (χ2n) is 16.5. The van der Waals surface area contributed by atoms with Crippen molar-refractivity contribution in [3.8, 4) is 5.92 Å². The Bertz CT molecular complexity index is 2950. The summed E-state index contributed by atoms with van der Waals surface area (Å²) in [6.07, 6.45) is 9.48. The van der Waals surface area contributed by atoms with E-state index in [1.165, 1.54) is 54.1 Å². The maximum absolute atomic E-state index is 10.5. The SMILES string of the molecule is [C+]#CC(O)(c1ccccc1)c1ccccc1.[Cl][Ru]([Cl])=[C]1C=C(c2ccccc2)c2ccccc21.c1ccc([PH+](c2ccccc2)c2ccccc2)cc1.c1ccc([PH+](c2ccccc2)c2ccccc2)cc1. The average Bonchev–Trinajstić information content (AvgIpc) is 3.86. The van der Waals surface area contributed by atoms with Crippen LogP contribution in [0, 0.1) is 12.3 Å². The zero-order valence-corrected chi connectivity index (χ0v) is 44.7. The fourth-order valence-electron chi connectivity index (χ4n) is 8.47. The molecule has 1 N–H and O–H groups in total. The van der Waals surface area contributed by atoms with Crippen LogP contribution in [0.4, 0.5) is 0 Å². The first-order valence-electron chi connectivity index (χ1n) is 23.5. The summed E-state index contributed by atoms with van der Waals surface area (Å²) in [5, 5.41) is 19.1. The Labute approximate surface area is 441 Å². The van der Waals surface area contributed by atoms with Crippen molar-refractivity contribution in [1.82, 2.24) is 0 Å². The molecule has 0 radical (unpaired) electrons. The van der Waals surface area contributed by atoms with Crippen molar-refractivity contribution in [2.24, 2.45) is 0 Å². The first-order chi connectivity index (χ1) is 35.4. The molecule has 0 atom stereocenters. The fourth-order valence-corrected chi connectivity index (χ4v) is 16.1. The first kappa shape index (κ1) is 52.0. The molecule has 0 saturated carbocycles. The van der Waals surface area contributed by atoms with Gasteiger partial charge in [0, 0.05) is 0 Å². The van der Waals surface area contributed by atoms with Gasteiger partial charge in [0.25, 0.3) is 0 Å². The van der Waals surface area contributed by atoms with Gasteiger partial charge in [0.2, 0.25) is 0 Å². The van der Waals surface area contributed by atoms with Crippen molar-refractivity contribution in [1.29, 1.82) is 0 Å². The largest absolute Gasteiger partial charge is 0.102 e. The fraction of sp³-hybridized carbons (Fsp3) is 0.0152. The van der Waals surface area contributed by atoms with Gasteiger partial charge in [-0.3, -0.25) is 0 Å². The van der Waals surface area contributed by atoms with E-state index in [0.29, 0.717) is 11.1 Å². The van der Waals surface area contributed by atoms with Crippen LogP contribution >= 0.6 is 35.2 Å². The van der Waals surface area contributed by atoms with E-state index in [4.69, 9.17) is 25.8 Å². The smallest absolute Gasteiger partial charge is 0.0620 e. The van der Waals surface area contributed by atoms with Crippen LogP contribution < -0.4 is 31.8 Å². The molecule has 0 aliphatic heterocycles. The van der Waals surface area contributed by atoms with Crippen molar-refractivity contribution in [2.45, 2.75) is 5.60 Å². The van der Waals surface area contributed by atoms with E-state index in [2.05, 4.69) is 224 Å². The van der Waals surface area contributed by atoms with E-state index in [1.54, 1.807) is 24.3 Å². The monoisotopic (exact) mass is 1100 g/mol. The summed E-state index contributed by atoms with van der Waals surface area (Å²) in [5.41, 5.74) is 4.71. The molecule has 1 aliphatic rings. The van der Waals surface area contributed by atoms with Crippen molar-refractivity contribution in [3.05, 3.63) is 338 Å². The van der Waals surface area contributed by atoms with Crippen LogP contribution in [0.3, 0.4) is 0 Å². The summed E-state index contributed by atoms with van der Waals surface area (Å²) in [5.74, 6) is 2.22. The van der Waals surface area contributed by atoms with Crippen molar-refractivity contribution in [3.63, 3.8) is 0 Å². The van der Waals surface area contributed by atoms with Gasteiger partial charge in [0.05, 0.1) is 15.8 Å². The van der Waals surface area contributed by atoms with Gasteiger partial charge >= 0.3 is 215 Å². The van der Waals surface area contributed by atoms with Crippen molar-refractivity contribution in [2.75, 3.05) is 0 Å². The van der Waals surface area contributed by atoms with E-state index in [0.717, 1.165) is 4.11 Å². The predicted molar refractivity (Wildman–Crippen MR) is 312 cm³/mol. The van der Waals surface area contributed by atoms with Crippen molar-refractivity contribution < 1.29 is 18.6 Å². The van der Waals surface area contributed by atoms with Gasteiger partial charge < -0.3 is 0 Å². The number of halogens is 2. The Kier molecular flexibility index (Phi) is 19.4. The summed E-state index contributed by atoms with van der Waals surface area (Å²) < 4.78 is 1.12. The van der Waals surface area contributed by atoms with E-state index >= 15 is 0 Å². The summed E-state index contributed by atoms with van der Waals surface area (Å²) in [6, 6.07) is 102. The molecule has 6 heteroatoms. The Morgan fingerprint density at radius 1 is 0.347 bits per heavy atom. The van der Waals surface area contributed by atoms with Crippen LogP contribution in [0.5, 0.6) is 0 Å². The second-order valence-corrected chi connectivity index (χ2v) is 27.3. The number of allylic oxidation sites excluding steroid dienone is 1. The van der Waals surface area contributed by atoms with Gasteiger partial charge in [-0.1, -0.05) is 109 Å². The topological polar surface area (TPSA) is 20.2 Å². The van der Waals surface area contributed by atoms with Crippen LogP contribution in [0.25, 0.3) is 5.57 Å². The molecule has 10 aromatic rings. The minimum absolute atomic E-state index is 0.649. The maximum atomic E-state index is 10.5. The van der Waals surface area contributed by atoms with Crippen molar-refractivity contribution >= 4 is 76.7 Å². The number of rotatable bonds is 9. The summed E-state index contributed by atoms with van der Waals surface area (Å²) in [4.78, 5) is 0. The first-order valence-corrected chi connectivity index (χ1v) is 31.9. The normalized spacial score (nSPS) is 11.6. The van der Waals surface area contributed by atoms with Gasteiger partial charge in [-0.2, -0.15) is 0 Å². The molecule has 1 aliphatic carbocycles. The zero-order valence-electron chi connectivity index (χ0n) is 39.4. The number of hydrogen-bond acceptors (Lipinski definition) is 1.